The number of ether oxygens (including phenoxy) is 10. The molecule has 2 heterocycles. The van der Waals surface area contributed by atoms with Gasteiger partial charge in [0, 0.05) is 77.9 Å². The van der Waals surface area contributed by atoms with Crippen molar-refractivity contribution in [1.29, 1.82) is 0 Å². The minimum atomic E-state index is -4.62. The van der Waals surface area contributed by atoms with Crippen molar-refractivity contribution in [3.05, 3.63) is 77.5 Å². The molecule has 0 saturated carbocycles. The van der Waals surface area contributed by atoms with Crippen molar-refractivity contribution in [2.45, 2.75) is 63.7 Å². The van der Waals surface area contributed by atoms with Crippen molar-refractivity contribution in [2.24, 2.45) is 5.41 Å². The SMILES string of the molecule is COCCOCCOCCOCCOCCN(CCOCCOCCOCCOCCOC)c1ccc2c(c1)OI=C(C(C)(C)C)C=C2/C=C/C=C1\N(CCCS(=O)(=O)O)c2ccc(S(=O)(=O)O)cc2C1(C)CCCC(=O)O. The largest absolute Gasteiger partial charge is 0.481 e. The first kappa shape index (κ1) is 67.1. The van der Waals surface area contributed by atoms with Crippen molar-refractivity contribution in [1.82, 2.24) is 0 Å². The molecule has 24 heteroatoms. The zero-order valence-corrected chi connectivity index (χ0v) is 49.9. The van der Waals surface area contributed by atoms with Crippen LogP contribution in [0.1, 0.15) is 64.5 Å². The molecule has 1 atom stereocenters. The summed E-state index contributed by atoms with van der Waals surface area (Å²) in [6, 6.07) is 10.3. The standard InChI is InChI=1S/C54H83IN2O19S2/c1-53(2,3)50-40-43(10-7-11-51-54(4,17-8-12-52(58)59)47-42-45(78(63,64)65)14-16-48(47)57(51)18-9-39-77(60,61)62)46-15-13-44(41-49(46)76-55-50)56(19-21-68-27-29-72-35-37-74-33-31-70-25-23-66-5)20-22-69-28-30-73-36-38-75-34-32-71-26-24-67-6/h7,10-11,13-16,40-42H,8-9,12,17-39H2,1-6H3,(H,58,59)(H,60,61,62)(H,63,64,65)/b10-7+,51-11-. The third-order valence-electron chi connectivity index (χ3n) is 12.3. The molecule has 4 rings (SSSR count). The summed E-state index contributed by atoms with van der Waals surface area (Å²) in [4.78, 5) is 15.5. The molecule has 2 aliphatic heterocycles. The average Bonchev–Trinajstić information content (AvgIpc) is 3.54. The van der Waals surface area contributed by atoms with Crippen LogP contribution in [0.15, 0.2) is 71.3 Å². The predicted molar refractivity (Wildman–Crippen MR) is 307 cm³/mol. The van der Waals surface area contributed by atoms with Gasteiger partial charge in [-0.15, -0.1) is 0 Å². The molecule has 0 amide bonds. The summed E-state index contributed by atoms with van der Waals surface area (Å²) in [7, 11) is -5.67. The maximum absolute atomic E-state index is 12.4. The molecule has 442 valence electrons. The van der Waals surface area contributed by atoms with E-state index in [9.17, 15) is 35.8 Å². The van der Waals surface area contributed by atoms with E-state index < -0.39 is 58.5 Å². The second-order valence-corrected chi connectivity index (χ2v) is 24.4. The summed E-state index contributed by atoms with van der Waals surface area (Å²) in [5, 5.41) is 9.60. The number of benzene rings is 2. The topological polar surface area (TPSA) is 254 Å². The van der Waals surface area contributed by atoms with Crippen LogP contribution in [0.3, 0.4) is 0 Å². The van der Waals surface area contributed by atoms with Gasteiger partial charge in [0.2, 0.25) is 0 Å². The Morgan fingerprint density at radius 2 is 1.23 bits per heavy atom. The van der Waals surface area contributed by atoms with Crippen molar-refractivity contribution in [3.63, 3.8) is 0 Å². The van der Waals surface area contributed by atoms with Gasteiger partial charge in [0.25, 0.3) is 20.2 Å². The number of carboxylic acid groups (broad SMARTS) is 1. The van der Waals surface area contributed by atoms with Crippen LogP contribution in [-0.2, 0) is 77.8 Å². The number of rotatable bonds is 42. The van der Waals surface area contributed by atoms with E-state index in [2.05, 4.69) is 31.7 Å². The fourth-order valence-corrected chi connectivity index (χ4v) is 11.2. The van der Waals surface area contributed by atoms with Crippen LogP contribution < -0.4 is 12.9 Å². The molecule has 2 aromatic rings. The van der Waals surface area contributed by atoms with E-state index in [1.54, 1.807) is 20.3 Å². The normalized spacial score (nSPS) is 16.4. The molecule has 78 heavy (non-hydrogen) atoms. The van der Waals surface area contributed by atoms with Gasteiger partial charge >= 0.3 is 5.97 Å². The second kappa shape index (κ2) is 35.4. The summed E-state index contributed by atoms with van der Waals surface area (Å²) in [5.74, 6) is -0.814. The summed E-state index contributed by atoms with van der Waals surface area (Å²) < 4.78 is 131. The summed E-state index contributed by atoms with van der Waals surface area (Å²) in [6.07, 6.45) is 8.27. The lowest BCUT2D eigenvalue weighted by molar-refractivity contribution is -0.137. The zero-order valence-electron chi connectivity index (χ0n) is 46.1. The minimum Gasteiger partial charge on any atom is -0.481 e. The monoisotopic (exact) mass is 1250 g/mol. The quantitative estimate of drug-likeness (QED) is 0.0351. The molecule has 3 N–H and O–H groups in total. The maximum Gasteiger partial charge on any atom is 0.303 e. The first-order chi connectivity index (χ1) is 37.3. The first-order valence-electron chi connectivity index (χ1n) is 26.1. The highest BCUT2D eigenvalue weighted by atomic mass is 127. The van der Waals surface area contributed by atoms with Gasteiger partial charge in [-0.05, 0) is 85.2 Å². The molecule has 21 nitrogen and oxygen atoms in total. The average molecular weight is 1260 g/mol. The van der Waals surface area contributed by atoms with E-state index in [1.807, 2.05) is 48.3 Å². The van der Waals surface area contributed by atoms with E-state index >= 15 is 0 Å². The number of nitrogens with zero attached hydrogens (tertiary/aromatic N) is 2. The second-order valence-electron chi connectivity index (χ2n) is 19.3. The Hall–Kier alpha value is -3.45. The highest BCUT2D eigenvalue weighted by Gasteiger charge is 2.43. The van der Waals surface area contributed by atoms with Crippen LogP contribution >= 0.6 is 21.1 Å². The molecule has 2 aliphatic rings. The Balaban J connectivity index is 1.56. The Labute approximate surface area is 472 Å². The molecule has 0 saturated heterocycles. The Morgan fingerprint density at radius 3 is 1.71 bits per heavy atom. The number of allylic oxidation sites excluding steroid dienone is 6. The number of anilines is 2. The van der Waals surface area contributed by atoms with E-state index in [0.717, 1.165) is 20.3 Å². The Kier molecular flexibility index (Phi) is 30.4. The summed E-state index contributed by atoms with van der Waals surface area (Å²) in [6.45, 7) is 17.7. The molecule has 0 radical (unpaired) electrons. The minimum absolute atomic E-state index is 0.0291. The number of carboxylic acids is 1. The van der Waals surface area contributed by atoms with Gasteiger partial charge in [-0.25, -0.2) is 0 Å². The highest BCUT2D eigenvalue weighted by Crippen LogP contribution is 2.51. The molecular formula is C54H83IN2O19S2. The Bertz CT molecular complexity index is 2450. The number of halogens is 1. The van der Waals surface area contributed by atoms with Crippen LogP contribution in [0.5, 0.6) is 5.75 Å². The number of hydrogen-bond acceptors (Lipinski definition) is 18. The summed E-state index contributed by atoms with van der Waals surface area (Å²) >= 11 is -0.939. The lowest BCUT2D eigenvalue weighted by atomic mass is 9.77. The number of hydrogen-bond donors (Lipinski definition) is 3. The fourth-order valence-electron chi connectivity index (χ4n) is 8.26. The number of methoxy groups -OCH3 is 2. The predicted octanol–water partition coefficient (Wildman–Crippen LogP) is 6.80. The fraction of sp³-hybridized carbons (Fsp3) is 0.630. The maximum atomic E-state index is 12.4. The van der Waals surface area contributed by atoms with Crippen LogP contribution in [0.25, 0.3) is 5.57 Å². The van der Waals surface area contributed by atoms with E-state index in [4.69, 9.17) is 50.4 Å². The van der Waals surface area contributed by atoms with Crippen LogP contribution in [0.4, 0.5) is 11.4 Å². The van der Waals surface area contributed by atoms with Gasteiger partial charge in [0.1, 0.15) is 26.9 Å². The molecule has 0 fully saturated rings. The van der Waals surface area contributed by atoms with Gasteiger partial charge in [-0.3, -0.25) is 13.9 Å². The molecular weight excluding hydrogens is 1170 g/mol. The molecule has 2 aromatic carbocycles. The van der Waals surface area contributed by atoms with Gasteiger partial charge in [-0.1, -0.05) is 32.9 Å². The lowest BCUT2D eigenvalue weighted by Crippen LogP contribution is -2.31. The van der Waals surface area contributed by atoms with E-state index in [1.165, 1.54) is 12.1 Å². The van der Waals surface area contributed by atoms with Crippen molar-refractivity contribution in [2.75, 3.05) is 168 Å². The van der Waals surface area contributed by atoms with Crippen LogP contribution in [0, 0.1) is 5.41 Å². The van der Waals surface area contributed by atoms with Crippen molar-refractivity contribution >= 4 is 67.8 Å². The molecule has 0 spiro atoms. The first-order valence-corrected chi connectivity index (χ1v) is 31.1. The number of fused-ring (bicyclic) bond motifs is 2. The van der Waals surface area contributed by atoms with Gasteiger partial charge in [0.15, 0.2) is 0 Å². The van der Waals surface area contributed by atoms with Crippen molar-refractivity contribution in [3.8, 4) is 5.75 Å². The smallest absolute Gasteiger partial charge is 0.303 e. The van der Waals surface area contributed by atoms with Crippen LogP contribution in [-0.4, -0.2) is 199 Å². The van der Waals surface area contributed by atoms with Gasteiger partial charge in [-0.2, -0.15) is 16.8 Å². The molecule has 0 aliphatic carbocycles. The number of carbonyl (C=O) groups is 1. The van der Waals surface area contributed by atoms with Crippen molar-refractivity contribution < 1.29 is 86.3 Å². The third-order valence-corrected chi connectivity index (χ3v) is 17.1. The summed E-state index contributed by atoms with van der Waals surface area (Å²) in [5.41, 5.74) is 3.16. The van der Waals surface area contributed by atoms with Gasteiger partial charge in [0.05, 0.1) is 130 Å². The highest BCUT2D eigenvalue weighted by molar-refractivity contribution is 14.2. The zero-order chi connectivity index (χ0) is 56.9. The lowest BCUT2D eigenvalue weighted by Gasteiger charge is -2.30. The molecule has 0 bridgehead atoms. The molecule has 0 aromatic heterocycles. The number of aliphatic carboxylic acids is 1. The van der Waals surface area contributed by atoms with E-state index in [0.29, 0.717) is 155 Å². The third kappa shape index (κ3) is 24.3. The van der Waals surface area contributed by atoms with E-state index in [-0.39, 0.29) is 42.5 Å². The van der Waals surface area contributed by atoms with Crippen LogP contribution in [0.2, 0.25) is 0 Å². The molecule has 1 unspecified atom stereocenters. The van der Waals surface area contributed by atoms with Gasteiger partial charge < -0.3 is 65.3 Å². The Morgan fingerprint density at radius 1 is 0.718 bits per heavy atom.